The number of nitrogens with zero attached hydrogens (tertiary/aromatic N) is 1. The number of hydrogen-bond acceptors (Lipinski definition) is 7. The number of aromatic hydroxyl groups is 1. The van der Waals surface area contributed by atoms with Gasteiger partial charge in [0.2, 0.25) is 23.6 Å². The number of likely N-dealkylation sites (N-methyl/N-ethyl adjacent to an activating group) is 2. The molecule has 0 radical (unpaired) electrons. The highest BCUT2D eigenvalue weighted by atomic mass is 16.3. The first-order chi connectivity index (χ1) is 19.0. The lowest BCUT2D eigenvalue weighted by Gasteiger charge is -2.26. The molecule has 2 aromatic carbocycles. The Morgan fingerprint density at radius 2 is 1.57 bits per heavy atom. The molecule has 0 aliphatic rings. The Hall–Kier alpha value is -4.45. The average molecular weight is 554 g/mol. The number of phenolic OH excluding ortho intramolecular Hbond substituents is 1. The molecule has 0 aliphatic carbocycles. The Morgan fingerprint density at radius 3 is 2.15 bits per heavy atom. The highest BCUT2D eigenvalue weighted by molar-refractivity contribution is 5.99. The Kier molecular flexibility index (Phi) is 12.6. The van der Waals surface area contributed by atoms with Crippen LogP contribution < -0.4 is 27.0 Å². The summed E-state index contributed by atoms with van der Waals surface area (Å²) in [5.74, 6) is -1.98. The Balaban J connectivity index is 1.85. The Bertz CT molecular complexity index is 1160. The van der Waals surface area contributed by atoms with Crippen molar-refractivity contribution in [2.75, 3.05) is 20.6 Å². The number of nitrogens with one attached hydrogen (secondary N) is 5. The van der Waals surface area contributed by atoms with Gasteiger partial charge in [-0.05, 0) is 43.1 Å². The number of phenols is 1. The van der Waals surface area contributed by atoms with Gasteiger partial charge in [-0.1, -0.05) is 42.5 Å². The predicted octanol–water partition coefficient (Wildman–Crippen LogP) is 0.00317. The molecular weight excluding hydrogens is 514 g/mol. The van der Waals surface area contributed by atoms with Crippen LogP contribution in [0.4, 0.5) is 0 Å². The van der Waals surface area contributed by atoms with Crippen LogP contribution in [0.25, 0.3) is 0 Å². The summed E-state index contributed by atoms with van der Waals surface area (Å²) < 4.78 is 0. The van der Waals surface area contributed by atoms with Crippen LogP contribution in [0.1, 0.15) is 30.9 Å². The van der Waals surface area contributed by atoms with Crippen molar-refractivity contribution in [2.45, 2.75) is 50.7 Å². The van der Waals surface area contributed by atoms with Crippen LogP contribution in [0.15, 0.2) is 54.6 Å². The van der Waals surface area contributed by atoms with E-state index in [9.17, 15) is 24.3 Å². The van der Waals surface area contributed by atoms with Crippen molar-refractivity contribution in [3.05, 3.63) is 65.7 Å². The van der Waals surface area contributed by atoms with Crippen molar-refractivity contribution < 1.29 is 24.3 Å². The summed E-state index contributed by atoms with van der Waals surface area (Å²) in [4.78, 5) is 50.8. The molecule has 0 saturated carbocycles. The minimum atomic E-state index is -0.865. The highest BCUT2D eigenvalue weighted by Gasteiger charge is 2.27. The number of guanidine groups is 1. The molecule has 2 rings (SSSR count). The van der Waals surface area contributed by atoms with Gasteiger partial charge in [0.15, 0.2) is 5.96 Å². The van der Waals surface area contributed by atoms with E-state index in [2.05, 4.69) is 21.3 Å². The first kappa shape index (κ1) is 31.8. The third kappa shape index (κ3) is 10.4. The van der Waals surface area contributed by atoms with E-state index >= 15 is 0 Å². The first-order valence-electron chi connectivity index (χ1n) is 13.0. The maximum absolute atomic E-state index is 12.9. The molecule has 216 valence electrons. The second-order valence-electron chi connectivity index (χ2n) is 9.44. The van der Waals surface area contributed by atoms with Gasteiger partial charge in [-0.25, -0.2) is 0 Å². The van der Waals surface area contributed by atoms with E-state index in [0.29, 0.717) is 19.4 Å². The Morgan fingerprint density at radius 1 is 0.950 bits per heavy atom. The number of benzene rings is 2. The van der Waals surface area contributed by atoms with E-state index in [1.807, 2.05) is 30.3 Å². The van der Waals surface area contributed by atoms with E-state index in [1.54, 1.807) is 19.2 Å². The summed E-state index contributed by atoms with van der Waals surface area (Å²) in [6.45, 7) is 1.64. The molecule has 0 unspecified atom stereocenters. The molecule has 8 N–H and O–H groups in total. The third-order valence-corrected chi connectivity index (χ3v) is 6.46. The fourth-order valence-corrected chi connectivity index (χ4v) is 4.00. The third-order valence-electron chi connectivity index (χ3n) is 6.46. The molecule has 0 fully saturated rings. The SMILES string of the molecule is CN[C@@H](CCCNC(=N)NC(=O)[C@H](Cc1ccc(O)cc1)N(C)C(C)=O)C(=O)N[C@@H](Cc1ccccc1)C(N)=O. The summed E-state index contributed by atoms with van der Waals surface area (Å²) in [6.07, 6.45) is 1.35. The van der Waals surface area contributed by atoms with Crippen LogP contribution in [0.5, 0.6) is 5.75 Å². The van der Waals surface area contributed by atoms with Gasteiger partial charge in [0, 0.05) is 33.4 Å². The molecular formula is C28H39N7O5. The van der Waals surface area contributed by atoms with E-state index in [-0.39, 0.29) is 36.4 Å². The van der Waals surface area contributed by atoms with Crippen LogP contribution in [0.3, 0.4) is 0 Å². The zero-order valence-corrected chi connectivity index (χ0v) is 23.1. The largest absolute Gasteiger partial charge is 0.508 e. The lowest BCUT2D eigenvalue weighted by Crippen LogP contribution is -2.53. The number of amides is 4. The van der Waals surface area contributed by atoms with Crippen molar-refractivity contribution in [1.29, 1.82) is 5.41 Å². The smallest absolute Gasteiger partial charge is 0.249 e. The molecule has 2 aromatic rings. The number of primary amides is 1. The number of carbonyl (C=O) groups is 4. The molecule has 0 heterocycles. The fraction of sp³-hybridized carbons (Fsp3) is 0.393. The number of hydrogen-bond donors (Lipinski definition) is 7. The number of carbonyl (C=O) groups excluding carboxylic acids is 4. The molecule has 3 atom stereocenters. The second-order valence-corrected chi connectivity index (χ2v) is 9.44. The zero-order valence-electron chi connectivity index (χ0n) is 23.1. The molecule has 0 aliphatic heterocycles. The number of rotatable bonds is 14. The van der Waals surface area contributed by atoms with E-state index in [4.69, 9.17) is 11.1 Å². The van der Waals surface area contributed by atoms with Gasteiger partial charge in [0.25, 0.3) is 0 Å². The summed E-state index contributed by atoms with van der Waals surface area (Å²) in [6, 6.07) is 13.3. The second kappa shape index (κ2) is 15.8. The van der Waals surface area contributed by atoms with Crippen LogP contribution in [0.2, 0.25) is 0 Å². The quantitative estimate of drug-likeness (QED) is 0.0973. The highest BCUT2D eigenvalue weighted by Crippen LogP contribution is 2.14. The predicted molar refractivity (Wildman–Crippen MR) is 151 cm³/mol. The lowest BCUT2D eigenvalue weighted by atomic mass is 10.0. The topological polar surface area (TPSA) is 190 Å². The first-order valence-corrected chi connectivity index (χ1v) is 13.0. The van der Waals surface area contributed by atoms with Gasteiger partial charge in [-0.15, -0.1) is 0 Å². The molecule has 12 nitrogen and oxygen atoms in total. The van der Waals surface area contributed by atoms with Crippen molar-refractivity contribution in [3.8, 4) is 5.75 Å². The van der Waals surface area contributed by atoms with Crippen LogP contribution >= 0.6 is 0 Å². The van der Waals surface area contributed by atoms with Gasteiger partial charge in [0.1, 0.15) is 17.8 Å². The average Bonchev–Trinajstić information content (AvgIpc) is 2.92. The van der Waals surface area contributed by atoms with E-state index in [1.165, 1.54) is 31.0 Å². The molecule has 0 bridgehead atoms. The zero-order chi connectivity index (χ0) is 29.7. The monoisotopic (exact) mass is 553 g/mol. The van der Waals surface area contributed by atoms with E-state index < -0.39 is 29.9 Å². The van der Waals surface area contributed by atoms with Crippen molar-refractivity contribution >= 4 is 29.6 Å². The molecule has 0 aromatic heterocycles. The van der Waals surface area contributed by atoms with Gasteiger partial charge in [-0.2, -0.15) is 0 Å². The molecule has 40 heavy (non-hydrogen) atoms. The molecule has 0 spiro atoms. The standard InChI is InChI=1S/C28H39N7O5/c1-18(36)35(3)24(17-20-11-13-21(37)14-12-20)27(40)34-28(30)32-15-7-10-22(31-2)26(39)33-23(25(29)38)16-19-8-5-4-6-9-19/h4-6,8-9,11-14,22-24,31,37H,7,10,15-17H2,1-3H3,(H2,29,38)(H,33,39)(H3,30,32,34,40)/t22-,23-,24-/m0/s1. The molecule has 12 heteroatoms. The van der Waals surface area contributed by atoms with Gasteiger partial charge >= 0.3 is 0 Å². The number of nitrogens with two attached hydrogens (primary N) is 1. The molecule has 4 amide bonds. The van der Waals surface area contributed by atoms with Gasteiger partial charge in [-0.3, -0.25) is 29.9 Å². The van der Waals surface area contributed by atoms with Gasteiger partial charge < -0.3 is 31.7 Å². The Labute approximate surface area is 234 Å². The molecule has 0 saturated heterocycles. The van der Waals surface area contributed by atoms with Crippen molar-refractivity contribution in [1.82, 2.24) is 26.2 Å². The maximum atomic E-state index is 12.9. The van der Waals surface area contributed by atoms with E-state index in [0.717, 1.165) is 11.1 Å². The summed E-state index contributed by atoms with van der Waals surface area (Å²) in [5, 5.41) is 28.5. The maximum Gasteiger partial charge on any atom is 0.249 e. The van der Waals surface area contributed by atoms with Crippen LogP contribution in [0, 0.1) is 5.41 Å². The lowest BCUT2D eigenvalue weighted by molar-refractivity contribution is -0.136. The minimum absolute atomic E-state index is 0.0912. The fourth-order valence-electron chi connectivity index (χ4n) is 4.00. The summed E-state index contributed by atoms with van der Waals surface area (Å²) >= 11 is 0. The van der Waals surface area contributed by atoms with Crippen LogP contribution in [-0.4, -0.2) is 78.4 Å². The normalized spacial score (nSPS) is 12.9. The van der Waals surface area contributed by atoms with Gasteiger partial charge in [0.05, 0.1) is 6.04 Å². The minimum Gasteiger partial charge on any atom is -0.508 e. The van der Waals surface area contributed by atoms with Crippen molar-refractivity contribution in [2.24, 2.45) is 5.73 Å². The summed E-state index contributed by atoms with van der Waals surface area (Å²) in [5.41, 5.74) is 7.11. The van der Waals surface area contributed by atoms with Crippen LogP contribution in [-0.2, 0) is 32.0 Å². The van der Waals surface area contributed by atoms with Crippen molar-refractivity contribution in [3.63, 3.8) is 0 Å². The summed E-state index contributed by atoms with van der Waals surface area (Å²) in [7, 11) is 3.14.